The zero-order valence-electron chi connectivity index (χ0n) is 16.4. The van der Waals surface area contributed by atoms with Crippen molar-refractivity contribution in [2.75, 3.05) is 32.7 Å². The Bertz CT molecular complexity index is 668. The van der Waals surface area contributed by atoms with Crippen LogP contribution >= 0.6 is 0 Å². The first-order valence-corrected chi connectivity index (χ1v) is 10.8. The smallest absolute Gasteiger partial charge is 0.294 e. The summed E-state index contributed by atoms with van der Waals surface area (Å²) in [4.78, 5) is 29.7. The van der Waals surface area contributed by atoms with Crippen molar-refractivity contribution in [2.24, 2.45) is 11.3 Å². The molecule has 2 aliphatic heterocycles. The highest BCUT2D eigenvalue weighted by atomic mass is 16.2. The van der Waals surface area contributed by atoms with Crippen molar-refractivity contribution in [1.82, 2.24) is 9.80 Å². The number of amides is 1. The Labute approximate surface area is 162 Å². The topological polar surface area (TPSA) is 40.6 Å². The van der Waals surface area contributed by atoms with Crippen molar-refractivity contribution in [3.63, 3.8) is 0 Å². The van der Waals surface area contributed by atoms with Crippen LogP contribution in [0.25, 0.3) is 0 Å². The molecule has 3 fully saturated rings. The summed E-state index contributed by atoms with van der Waals surface area (Å²) in [5, 5.41) is 0. The van der Waals surface area contributed by atoms with Crippen LogP contribution in [0.4, 0.5) is 0 Å². The van der Waals surface area contributed by atoms with Gasteiger partial charge in [0.2, 0.25) is 5.78 Å². The molecule has 0 N–H and O–H groups in total. The fraction of sp³-hybridized carbons (Fsp3) is 0.652. The molecule has 0 aromatic heterocycles. The second-order valence-electron chi connectivity index (χ2n) is 9.01. The summed E-state index contributed by atoms with van der Waals surface area (Å²) >= 11 is 0. The fourth-order valence-electron chi connectivity index (χ4n) is 5.50. The number of carbonyl (C=O) groups is 2. The van der Waals surface area contributed by atoms with E-state index in [9.17, 15) is 9.59 Å². The van der Waals surface area contributed by atoms with Gasteiger partial charge in [-0.15, -0.1) is 0 Å². The lowest BCUT2D eigenvalue weighted by molar-refractivity contribution is -0.126. The first-order chi connectivity index (χ1) is 13.2. The normalized spacial score (nSPS) is 27.2. The molecule has 1 aromatic rings. The zero-order chi connectivity index (χ0) is 18.7. The first kappa shape index (κ1) is 18.7. The number of ketones is 1. The third kappa shape index (κ3) is 4.26. The highest BCUT2D eigenvalue weighted by molar-refractivity contribution is 6.42. The van der Waals surface area contributed by atoms with Crippen LogP contribution < -0.4 is 0 Å². The van der Waals surface area contributed by atoms with Crippen molar-refractivity contribution >= 4 is 11.7 Å². The summed E-state index contributed by atoms with van der Waals surface area (Å²) < 4.78 is 0. The van der Waals surface area contributed by atoms with Crippen LogP contribution in [0.1, 0.15) is 61.7 Å². The van der Waals surface area contributed by atoms with Crippen LogP contribution in [0.15, 0.2) is 30.3 Å². The second kappa shape index (κ2) is 8.14. The van der Waals surface area contributed by atoms with E-state index in [2.05, 4.69) is 4.90 Å². The van der Waals surface area contributed by atoms with E-state index >= 15 is 0 Å². The number of rotatable bonds is 4. The van der Waals surface area contributed by atoms with Crippen LogP contribution in [0.5, 0.6) is 0 Å². The Hall–Kier alpha value is -1.68. The Morgan fingerprint density at radius 3 is 2.48 bits per heavy atom. The summed E-state index contributed by atoms with van der Waals surface area (Å²) in [6.07, 6.45) is 10.4. The molecule has 0 radical (unpaired) electrons. The Morgan fingerprint density at radius 2 is 1.70 bits per heavy atom. The van der Waals surface area contributed by atoms with Crippen molar-refractivity contribution in [3.05, 3.63) is 35.9 Å². The second-order valence-corrected chi connectivity index (χ2v) is 9.01. The van der Waals surface area contributed by atoms with E-state index in [4.69, 9.17) is 0 Å². The molecule has 1 amide bonds. The highest BCUT2D eigenvalue weighted by Gasteiger charge is 2.44. The maximum atomic E-state index is 12.7. The average molecular weight is 369 g/mol. The number of Topliss-reactive ketones (excluding diaryl/α,β-unsaturated/α-hetero) is 1. The first-order valence-electron chi connectivity index (χ1n) is 10.8. The van der Waals surface area contributed by atoms with Gasteiger partial charge in [0.1, 0.15) is 0 Å². The molecule has 0 unspecified atom stereocenters. The molecule has 1 atom stereocenters. The van der Waals surface area contributed by atoms with Gasteiger partial charge in [0.05, 0.1) is 0 Å². The monoisotopic (exact) mass is 368 g/mol. The van der Waals surface area contributed by atoms with Crippen molar-refractivity contribution in [3.8, 4) is 0 Å². The lowest BCUT2D eigenvalue weighted by Crippen LogP contribution is -2.47. The summed E-state index contributed by atoms with van der Waals surface area (Å²) in [5.74, 6) is 0.192. The number of benzene rings is 1. The van der Waals surface area contributed by atoms with Gasteiger partial charge in [-0.3, -0.25) is 9.59 Å². The summed E-state index contributed by atoms with van der Waals surface area (Å²) in [6.45, 7) is 5.03. The van der Waals surface area contributed by atoms with Gasteiger partial charge in [-0.2, -0.15) is 0 Å². The molecule has 1 spiro atoms. The number of carbonyl (C=O) groups excluding carboxylic acids is 2. The Balaban J connectivity index is 1.36. The molecule has 146 valence electrons. The minimum Gasteiger partial charge on any atom is -0.335 e. The van der Waals surface area contributed by atoms with Crippen molar-refractivity contribution in [1.29, 1.82) is 0 Å². The van der Waals surface area contributed by atoms with E-state index in [-0.39, 0.29) is 17.1 Å². The van der Waals surface area contributed by atoms with Gasteiger partial charge in [-0.1, -0.05) is 49.6 Å². The van der Waals surface area contributed by atoms with Gasteiger partial charge < -0.3 is 9.80 Å². The van der Waals surface area contributed by atoms with E-state index in [0.29, 0.717) is 5.56 Å². The van der Waals surface area contributed by atoms with E-state index in [1.807, 2.05) is 23.1 Å². The molecular formula is C23H32N2O2. The predicted molar refractivity (Wildman–Crippen MR) is 107 cm³/mol. The molecule has 4 nitrogen and oxygen atoms in total. The number of piperidine rings is 1. The van der Waals surface area contributed by atoms with Crippen LogP contribution in [-0.2, 0) is 4.79 Å². The molecule has 1 aromatic carbocycles. The molecule has 27 heavy (non-hydrogen) atoms. The van der Waals surface area contributed by atoms with Crippen LogP contribution in [0.3, 0.4) is 0 Å². The van der Waals surface area contributed by atoms with Crippen LogP contribution in [0.2, 0.25) is 0 Å². The van der Waals surface area contributed by atoms with E-state index in [1.165, 1.54) is 58.0 Å². The lowest BCUT2D eigenvalue weighted by atomic mass is 9.78. The molecule has 4 heteroatoms. The standard InChI is InChI=1S/C23H32N2O2/c26-21(20-10-5-2-6-11-20)22(27)25-15-13-23(18-25)12-7-14-24(17-23)16-19-8-3-1-4-9-19/h2,5-6,10-11,19H,1,3-4,7-9,12-18H2/t23-/m0/s1. The number of likely N-dealkylation sites (tertiary alicyclic amines) is 2. The summed E-state index contributed by atoms with van der Waals surface area (Å²) in [6, 6.07) is 8.97. The molecule has 3 aliphatic rings. The zero-order valence-corrected chi connectivity index (χ0v) is 16.4. The molecule has 4 rings (SSSR count). The van der Waals surface area contributed by atoms with E-state index in [0.717, 1.165) is 32.0 Å². The number of hydrogen-bond donors (Lipinski definition) is 0. The third-order valence-corrected chi connectivity index (χ3v) is 6.94. The largest absolute Gasteiger partial charge is 0.335 e. The number of nitrogens with zero attached hydrogens (tertiary/aromatic N) is 2. The highest BCUT2D eigenvalue weighted by Crippen LogP contribution is 2.40. The van der Waals surface area contributed by atoms with E-state index < -0.39 is 0 Å². The van der Waals surface area contributed by atoms with Crippen molar-refractivity contribution < 1.29 is 9.59 Å². The van der Waals surface area contributed by atoms with Gasteiger partial charge in [0.15, 0.2) is 0 Å². The summed E-state index contributed by atoms with van der Waals surface area (Å²) in [5.41, 5.74) is 0.713. The van der Waals surface area contributed by atoms with Gasteiger partial charge in [0, 0.05) is 37.2 Å². The Kier molecular flexibility index (Phi) is 5.63. The maximum absolute atomic E-state index is 12.7. The van der Waals surface area contributed by atoms with Crippen LogP contribution in [-0.4, -0.2) is 54.2 Å². The lowest BCUT2D eigenvalue weighted by Gasteiger charge is -2.42. The molecule has 1 saturated carbocycles. The SMILES string of the molecule is O=C(C(=O)N1CC[C@]2(CCCN(CC3CCCCC3)C2)C1)c1ccccc1. The molecule has 2 saturated heterocycles. The molecule has 1 aliphatic carbocycles. The minimum atomic E-state index is -0.359. The predicted octanol–water partition coefficient (Wildman–Crippen LogP) is 3.76. The van der Waals surface area contributed by atoms with Gasteiger partial charge in [0.25, 0.3) is 5.91 Å². The molecule has 2 heterocycles. The van der Waals surface area contributed by atoms with Gasteiger partial charge in [-0.05, 0) is 44.6 Å². The van der Waals surface area contributed by atoms with Crippen molar-refractivity contribution in [2.45, 2.75) is 51.4 Å². The summed E-state index contributed by atoms with van der Waals surface area (Å²) in [7, 11) is 0. The fourth-order valence-corrected chi connectivity index (χ4v) is 5.50. The van der Waals surface area contributed by atoms with E-state index in [1.54, 1.807) is 12.1 Å². The third-order valence-electron chi connectivity index (χ3n) is 6.94. The van der Waals surface area contributed by atoms with Gasteiger partial charge >= 0.3 is 0 Å². The molecule has 0 bridgehead atoms. The van der Waals surface area contributed by atoms with Crippen LogP contribution in [0, 0.1) is 11.3 Å². The minimum absolute atomic E-state index is 0.208. The molecular weight excluding hydrogens is 336 g/mol. The number of hydrogen-bond acceptors (Lipinski definition) is 3. The quantitative estimate of drug-likeness (QED) is 0.600. The van der Waals surface area contributed by atoms with Gasteiger partial charge in [-0.25, -0.2) is 0 Å². The maximum Gasteiger partial charge on any atom is 0.294 e. The average Bonchev–Trinajstić information content (AvgIpc) is 3.11. The Morgan fingerprint density at radius 1 is 0.926 bits per heavy atom.